The Morgan fingerprint density at radius 1 is 0.969 bits per heavy atom. The monoisotopic (exact) mass is 542 g/mol. The molecule has 32 heavy (non-hydrogen) atoms. The van der Waals surface area contributed by atoms with Gasteiger partial charge in [0.2, 0.25) is 0 Å². The van der Waals surface area contributed by atoms with Gasteiger partial charge in [0.05, 0.1) is 22.4 Å². The molecule has 1 fully saturated rings. The summed E-state index contributed by atoms with van der Waals surface area (Å²) >= 11 is 22.0. The highest BCUT2D eigenvalue weighted by atomic mass is 79.9. The van der Waals surface area contributed by atoms with Gasteiger partial charge < -0.3 is 14.8 Å². The average Bonchev–Trinajstić information content (AvgIpc) is 3.39. The molecule has 0 spiro atoms. The quantitative estimate of drug-likeness (QED) is 0.278. The largest absolute Gasteiger partial charge is 0.351 e. The van der Waals surface area contributed by atoms with Crippen LogP contribution < -0.4 is 10.2 Å². The predicted molar refractivity (Wildman–Crippen MR) is 138 cm³/mol. The van der Waals surface area contributed by atoms with Crippen molar-refractivity contribution in [3.63, 3.8) is 0 Å². The Morgan fingerprint density at radius 3 is 2.50 bits per heavy atom. The summed E-state index contributed by atoms with van der Waals surface area (Å²) in [5.74, 6) is 0. The van der Waals surface area contributed by atoms with E-state index in [0.717, 1.165) is 27.2 Å². The molecule has 160 valence electrons. The molecule has 0 radical (unpaired) electrons. The summed E-state index contributed by atoms with van der Waals surface area (Å²) in [5.41, 5.74) is 3.78. The number of nitrogens with zero attached hydrogens (tertiary/aromatic N) is 3. The summed E-state index contributed by atoms with van der Waals surface area (Å²) in [7, 11) is 0. The molecule has 2 atom stereocenters. The van der Waals surface area contributed by atoms with Crippen molar-refractivity contribution in [2.24, 2.45) is 0 Å². The molecule has 0 amide bonds. The molecule has 1 aliphatic rings. The highest BCUT2D eigenvalue weighted by Gasteiger charge is 2.42. The zero-order valence-corrected chi connectivity index (χ0v) is 20.5. The lowest BCUT2D eigenvalue weighted by atomic mass is 10.0. The number of hydrogen-bond acceptors (Lipinski definition) is 2. The SMILES string of the molecule is S=C1N[C@@H](c2ccccn2)[C@H](c2cccn2-c2ccc(Cl)cc2Cl)N1c1ccc(Br)cc1. The van der Waals surface area contributed by atoms with E-state index < -0.39 is 0 Å². The molecule has 5 rings (SSSR count). The molecular formula is C24H17BrCl2N4S. The van der Waals surface area contributed by atoms with Gasteiger partial charge in [-0.15, -0.1) is 0 Å². The molecule has 0 unspecified atom stereocenters. The Hall–Kier alpha value is -2.38. The highest BCUT2D eigenvalue weighted by Crippen LogP contribution is 2.43. The Morgan fingerprint density at radius 2 is 1.78 bits per heavy atom. The third kappa shape index (κ3) is 3.92. The van der Waals surface area contributed by atoms with Gasteiger partial charge in [0.25, 0.3) is 0 Å². The molecule has 1 aliphatic heterocycles. The number of hydrogen-bond donors (Lipinski definition) is 1. The molecule has 0 bridgehead atoms. The second-order valence-electron chi connectivity index (χ2n) is 7.37. The molecule has 1 N–H and O–H groups in total. The van der Waals surface area contributed by atoms with Crippen LogP contribution in [0.3, 0.4) is 0 Å². The number of rotatable bonds is 4. The van der Waals surface area contributed by atoms with Gasteiger partial charge in [-0.1, -0.05) is 45.2 Å². The first-order chi connectivity index (χ1) is 15.5. The molecule has 0 saturated carbocycles. The van der Waals surface area contributed by atoms with Crippen LogP contribution in [0.15, 0.2) is 89.7 Å². The van der Waals surface area contributed by atoms with E-state index in [1.54, 1.807) is 12.3 Å². The van der Waals surface area contributed by atoms with Crippen LogP contribution in [-0.4, -0.2) is 14.7 Å². The van der Waals surface area contributed by atoms with E-state index >= 15 is 0 Å². The van der Waals surface area contributed by atoms with E-state index in [-0.39, 0.29) is 12.1 Å². The fraction of sp³-hybridized carbons (Fsp3) is 0.0833. The summed E-state index contributed by atoms with van der Waals surface area (Å²) in [6.45, 7) is 0. The van der Waals surface area contributed by atoms with Crippen molar-refractivity contribution in [1.82, 2.24) is 14.9 Å². The number of benzene rings is 2. The fourth-order valence-corrected chi connectivity index (χ4v) is 5.18. The van der Waals surface area contributed by atoms with Crippen molar-refractivity contribution in [3.8, 4) is 5.69 Å². The van der Waals surface area contributed by atoms with Crippen LogP contribution in [0.2, 0.25) is 10.0 Å². The molecule has 3 heterocycles. The minimum absolute atomic E-state index is 0.146. The topological polar surface area (TPSA) is 33.1 Å². The normalized spacial score (nSPS) is 18.1. The van der Waals surface area contributed by atoms with Gasteiger partial charge in [0.1, 0.15) is 6.04 Å². The third-order valence-corrected chi connectivity index (χ3v) is 6.84. The molecule has 4 aromatic rings. The minimum atomic E-state index is -0.152. The van der Waals surface area contributed by atoms with Crippen LogP contribution in [0.4, 0.5) is 5.69 Å². The Balaban J connectivity index is 1.68. The second-order valence-corrected chi connectivity index (χ2v) is 9.52. The van der Waals surface area contributed by atoms with Crippen molar-refractivity contribution in [3.05, 3.63) is 111 Å². The third-order valence-electron chi connectivity index (χ3n) is 5.46. The molecule has 1 saturated heterocycles. The molecular weight excluding hydrogens is 527 g/mol. The number of anilines is 1. The van der Waals surface area contributed by atoms with Gasteiger partial charge in [0, 0.05) is 33.3 Å². The van der Waals surface area contributed by atoms with Crippen LogP contribution in [0, 0.1) is 0 Å². The Bertz CT molecular complexity index is 1280. The van der Waals surface area contributed by atoms with E-state index in [9.17, 15) is 0 Å². The Kier molecular flexibility index (Phi) is 5.95. The van der Waals surface area contributed by atoms with Crippen LogP contribution in [-0.2, 0) is 0 Å². The van der Waals surface area contributed by atoms with E-state index in [1.165, 1.54) is 0 Å². The van der Waals surface area contributed by atoms with Crippen molar-refractivity contribution in [1.29, 1.82) is 0 Å². The van der Waals surface area contributed by atoms with E-state index in [2.05, 4.69) is 53.9 Å². The van der Waals surface area contributed by atoms with Gasteiger partial charge in [0.15, 0.2) is 5.11 Å². The van der Waals surface area contributed by atoms with Crippen molar-refractivity contribution in [2.45, 2.75) is 12.1 Å². The lowest BCUT2D eigenvalue weighted by molar-refractivity contribution is 0.549. The highest BCUT2D eigenvalue weighted by molar-refractivity contribution is 9.10. The summed E-state index contributed by atoms with van der Waals surface area (Å²) in [4.78, 5) is 6.76. The molecule has 0 aliphatic carbocycles. The molecule has 4 nitrogen and oxygen atoms in total. The van der Waals surface area contributed by atoms with Crippen molar-refractivity contribution in [2.75, 3.05) is 4.90 Å². The van der Waals surface area contributed by atoms with Gasteiger partial charge in [-0.25, -0.2) is 0 Å². The number of aromatic nitrogens is 2. The first-order valence-electron chi connectivity index (χ1n) is 9.92. The lowest BCUT2D eigenvalue weighted by Crippen LogP contribution is -2.30. The number of nitrogens with one attached hydrogen (secondary N) is 1. The predicted octanol–water partition coefficient (Wildman–Crippen LogP) is 7.12. The second kappa shape index (κ2) is 8.87. The first-order valence-corrected chi connectivity index (χ1v) is 11.9. The van der Waals surface area contributed by atoms with Gasteiger partial charge in [-0.3, -0.25) is 4.98 Å². The van der Waals surface area contributed by atoms with Gasteiger partial charge in [-0.05, 0) is 78.9 Å². The van der Waals surface area contributed by atoms with E-state index in [1.807, 2.05) is 54.7 Å². The fourth-order valence-electron chi connectivity index (χ4n) is 4.07. The molecule has 2 aromatic heterocycles. The van der Waals surface area contributed by atoms with Gasteiger partial charge in [-0.2, -0.15) is 0 Å². The zero-order valence-electron chi connectivity index (χ0n) is 16.6. The maximum absolute atomic E-state index is 6.57. The minimum Gasteiger partial charge on any atom is -0.351 e. The summed E-state index contributed by atoms with van der Waals surface area (Å²) in [6, 6.07) is 23.4. The van der Waals surface area contributed by atoms with Crippen LogP contribution in [0.1, 0.15) is 23.5 Å². The van der Waals surface area contributed by atoms with Crippen LogP contribution >= 0.6 is 51.3 Å². The van der Waals surface area contributed by atoms with E-state index in [4.69, 9.17) is 35.4 Å². The molecule has 2 aromatic carbocycles. The van der Waals surface area contributed by atoms with Crippen molar-refractivity contribution < 1.29 is 0 Å². The van der Waals surface area contributed by atoms with Crippen LogP contribution in [0.25, 0.3) is 5.69 Å². The lowest BCUT2D eigenvalue weighted by Gasteiger charge is -2.29. The number of thiocarbonyl (C=S) groups is 1. The zero-order chi connectivity index (χ0) is 22.2. The number of halogens is 3. The maximum Gasteiger partial charge on any atom is 0.174 e. The summed E-state index contributed by atoms with van der Waals surface area (Å²) in [6.07, 6.45) is 3.80. The Labute approximate surface area is 209 Å². The summed E-state index contributed by atoms with van der Waals surface area (Å²) in [5, 5.41) is 5.30. The smallest absolute Gasteiger partial charge is 0.174 e. The van der Waals surface area contributed by atoms with Crippen LogP contribution in [0.5, 0.6) is 0 Å². The standard InChI is InChI=1S/C24H17BrCl2N4S/c25-15-6-9-17(10-7-15)31-23(22(29-24(31)32)19-4-1-2-12-28-19)21-5-3-13-30(21)20-11-8-16(26)14-18(20)27/h1-14,22-23H,(H,29,32)/t22-,23-/m0/s1. The van der Waals surface area contributed by atoms with Gasteiger partial charge >= 0.3 is 0 Å². The summed E-state index contributed by atoms with van der Waals surface area (Å²) < 4.78 is 3.09. The molecule has 8 heteroatoms. The average molecular weight is 544 g/mol. The number of pyridine rings is 1. The maximum atomic E-state index is 6.57. The first kappa shape index (κ1) is 21.5. The van der Waals surface area contributed by atoms with Crippen molar-refractivity contribution >= 4 is 62.1 Å². The van der Waals surface area contributed by atoms with E-state index in [0.29, 0.717) is 15.2 Å².